The Balaban J connectivity index is 2.03. The normalized spacial score (nSPS) is 10.1. The number of hydrogen-bond acceptors (Lipinski definition) is 4. The molecular weight excluding hydrogens is 266 g/mol. The minimum Gasteiger partial charge on any atom is -0.496 e. The molecule has 2 aromatic carbocycles. The van der Waals surface area contributed by atoms with E-state index in [1.165, 1.54) is 0 Å². The van der Waals surface area contributed by atoms with E-state index in [0.717, 1.165) is 17.7 Å². The van der Waals surface area contributed by atoms with Crippen molar-refractivity contribution in [3.63, 3.8) is 0 Å². The van der Waals surface area contributed by atoms with E-state index in [4.69, 9.17) is 16.2 Å². The molecule has 5 N–H and O–H groups in total. The van der Waals surface area contributed by atoms with Crippen LogP contribution in [0.5, 0.6) is 5.75 Å². The predicted octanol–water partition coefficient (Wildman–Crippen LogP) is 2.03. The summed E-state index contributed by atoms with van der Waals surface area (Å²) in [5.41, 5.74) is 14.0. The predicted molar refractivity (Wildman–Crippen MR) is 84.6 cm³/mol. The Labute approximate surface area is 123 Å². The number of nitrogens with one attached hydrogen (secondary N) is 1. The summed E-state index contributed by atoms with van der Waals surface area (Å²) >= 11 is 0. The molecule has 0 heterocycles. The van der Waals surface area contributed by atoms with Gasteiger partial charge in [0, 0.05) is 12.1 Å². The number of anilines is 2. The highest BCUT2D eigenvalue weighted by Crippen LogP contribution is 2.21. The largest absolute Gasteiger partial charge is 0.496 e. The fourth-order valence-corrected chi connectivity index (χ4v) is 2.10. The van der Waals surface area contributed by atoms with Gasteiger partial charge in [-0.1, -0.05) is 18.2 Å². The van der Waals surface area contributed by atoms with Crippen LogP contribution in [-0.4, -0.2) is 19.6 Å². The van der Waals surface area contributed by atoms with Gasteiger partial charge in [0.2, 0.25) is 5.91 Å². The second-order valence-corrected chi connectivity index (χ2v) is 4.65. The Morgan fingerprint density at radius 1 is 1.24 bits per heavy atom. The zero-order chi connectivity index (χ0) is 15.2. The molecule has 5 heteroatoms. The third-order valence-corrected chi connectivity index (χ3v) is 3.24. The number of primary amides is 1. The van der Waals surface area contributed by atoms with E-state index in [2.05, 4.69) is 5.32 Å². The molecule has 21 heavy (non-hydrogen) atoms. The van der Waals surface area contributed by atoms with Crippen LogP contribution < -0.4 is 21.5 Å². The van der Waals surface area contributed by atoms with Crippen molar-refractivity contribution in [2.45, 2.75) is 6.42 Å². The lowest BCUT2D eigenvalue weighted by molar-refractivity contribution is 0.100. The quantitative estimate of drug-likeness (QED) is 0.708. The molecule has 5 nitrogen and oxygen atoms in total. The van der Waals surface area contributed by atoms with Crippen molar-refractivity contribution in [2.24, 2.45) is 5.73 Å². The molecule has 0 radical (unpaired) electrons. The molecule has 0 unspecified atom stereocenters. The molecule has 2 aromatic rings. The van der Waals surface area contributed by atoms with Gasteiger partial charge in [0.25, 0.3) is 0 Å². The molecule has 0 aliphatic carbocycles. The molecule has 0 spiro atoms. The Kier molecular flexibility index (Phi) is 4.66. The van der Waals surface area contributed by atoms with Gasteiger partial charge in [-0.25, -0.2) is 0 Å². The van der Waals surface area contributed by atoms with Gasteiger partial charge in [-0.05, 0) is 36.2 Å². The molecule has 0 bridgehead atoms. The Morgan fingerprint density at radius 3 is 2.71 bits per heavy atom. The van der Waals surface area contributed by atoms with E-state index in [1.54, 1.807) is 25.3 Å². The third kappa shape index (κ3) is 3.66. The maximum Gasteiger partial charge on any atom is 0.248 e. The van der Waals surface area contributed by atoms with E-state index in [1.807, 2.05) is 24.3 Å². The van der Waals surface area contributed by atoms with Crippen LogP contribution in [-0.2, 0) is 6.42 Å². The number of methoxy groups -OCH3 is 1. The average molecular weight is 285 g/mol. The number of benzene rings is 2. The van der Waals surface area contributed by atoms with Crippen LogP contribution >= 0.6 is 0 Å². The van der Waals surface area contributed by atoms with Crippen molar-refractivity contribution in [1.82, 2.24) is 0 Å². The Hall–Kier alpha value is -2.69. The first kappa shape index (κ1) is 14.7. The van der Waals surface area contributed by atoms with Crippen molar-refractivity contribution >= 4 is 17.3 Å². The minimum absolute atomic E-state index is 0.434. The Bertz CT molecular complexity index is 641. The maximum atomic E-state index is 11.2. The molecule has 0 saturated carbocycles. The number of nitrogen functional groups attached to an aromatic ring is 1. The van der Waals surface area contributed by atoms with Crippen LogP contribution in [0.15, 0.2) is 42.5 Å². The van der Waals surface area contributed by atoms with Crippen molar-refractivity contribution < 1.29 is 9.53 Å². The first-order chi connectivity index (χ1) is 10.1. The first-order valence-electron chi connectivity index (χ1n) is 6.67. The Morgan fingerprint density at radius 2 is 2.00 bits per heavy atom. The fraction of sp³-hybridized carbons (Fsp3) is 0.188. The van der Waals surface area contributed by atoms with Crippen LogP contribution in [0.2, 0.25) is 0 Å². The van der Waals surface area contributed by atoms with E-state index < -0.39 is 5.91 Å². The van der Waals surface area contributed by atoms with Crippen LogP contribution in [0.1, 0.15) is 15.9 Å². The highest BCUT2D eigenvalue weighted by atomic mass is 16.5. The number of ether oxygens (including phenoxy) is 1. The molecule has 0 aliphatic heterocycles. The topological polar surface area (TPSA) is 90.4 Å². The number of rotatable bonds is 6. The highest BCUT2D eigenvalue weighted by molar-refractivity contribution is 5.94. The molecular formula is C16H19N3O2. The monoisotopic (exact) mass is 285 g/mol. The van der Waals surface area contributed by atoms with Gasteiger partial charge >= 0.3 is 0 Å². The lowest BCUT2D eigenvalue weighted by Gasteiger charge is -2.12. The van der Waals surface area contributed by atoms with Crippen molar-refractivity contribution in [3.8, 4) is 5.75 Å². The number of amides is 1. The standard InChI is InChI=1S/C16H19N3O2/c1-21-15-5-3-2-4-11(15)8-9-19-14-10-12(16(18)20)6-7-13(14)17/h2-7,10,19H,8-9,17H2,1H3,(H2,18,20). The molecule has 2 rings (SSSR count). The maximum absolute atomic E-state index is 11.2. The van der Waals surface area contributed by atoms with E-state index in [9.17, 15) is 4.79 Å². The average Bonchev–Trinajstić information content (AvgIpc) is 2.49. The fourth-order valence-electron chi connectivity index (χ4n) is 2.10. The smallest absolute Gasteiger partial charge is 0.248 e. The number of para-hydroxylation sites is 1. The summed E-state index contributed by atoms with van der Waals surface area (Å²) in [6.45, 7) is 0.673. The summed E-state index contributed by atoms with van der Waals surface area (Å²) < 4.78 is 5.31. The van der Waals surface area contributed by atoms with Crippen molar-refractivity contribution in [2.75, 3.05) is 24.7 Å². The van der Waals surface area contributed by atoms with Crippen LogP contribution in [0.4, 0.5) is 11.4 Å². The van der Waals surface area contributed by atoms with Crippen LogP contribution in [0, 0.1) is 0 Å². The van der Waals surface area contributed by atoms with E-state index in [-0.39, 0.29) is 0 Å². The lowest BCUT2D eigenvalue weighted by atomic mass is 10.1. The number of nitrogens with two attached hydrogens (primary N) is 2. The van der Waals surface area contributed by atoms with Gasteiger partial charge < -0.3 is 21.5 Å². The van der Waals surface area contributed by atoms with Gasteiger partial charge in [0.1, 0.15) is 5.75 Å². The summed E-state index contributed by atoms with van der Waals surface area (Å²) in [5.74, 6) is 0.390. The van der Waals surface area contributed by atoms with Gasteiger partial charge in [-0.3, -0.25) is 4.79 Å². The van der Waals surface area contributed by atoms with Crippen molar-refractivity contribution in [1.29, 1.82) is 0 Å². The van der Waals surface area contributed by atoms with Gasteiger partial charge in [-0.15, -0.1) is 0 Å². The summed E-state index contributed by atoms with van der Waals surface area (Å²) in [6, 6.07) is 12.8. The summed E-state index contributed by atoms with van der Waals surface area (Å²) in [5, 5.41) is 3.22. The molecule has 0 aromatic heterocycles. The minimum atomic E-state index is -0.470. The van der Waals surface area contributed by atoms with Crippen LogP contribution in [0.3, 0.4) is 0 Å². The number of carbonyl (C=O) groups is 1. The summed E-state index contributed by atoms with van der Waals surface area (Å²) in [6.07, 6.45) is 0.782. The molecule has 0 fully saturated rings. The van der Waals surface area contributed by atoms with Crippen LogP contribution in [0.25, 0.3) is 0 Å². The summed E-state index contributed by atoms with van der Waals surface area (Å²) in [4.78, 5) is 11.2. The van der Waals surface area contributed by atoms with E-state index in [0.29, 0.717) is 23.5 Å². The molecule has 0 saturated heterocycles. The number of hydrogen-bond donors (Lipinski definition) is 3. The van der Waals surface area contributed by atoms with E-state index >= 15 is 0 Å². The van der Waals surface area contributed by atoms with Crippen molar-refractivity contribution in [3.05, 3.63) is 53.6 Å². The molecule has 0 atom stereocenters. The third-order valence-electron chi connectivity index (χ3n) is 3.24. The lowest BCUT2D eigenvalue weighted by Crippen LogP contribution is -2.13. The van der Waals surface area contributed by atoms with Gasteiger partial charge in [-0.2, -0.15) is 0 Å². The zero-order valence-electron chi connectivity index (χ0n) is 11.9. The SMILES string of the molecule is COc1ccccc1CCNc1cc(C(N)=O)ccc1N. The molecule has 0 aliphatic rings. The van der Waals surface area contributed by atoms with Gasteiger partial charge in [0.05, 0.1) is 18.5 Å². The first-order valence-corrected chi connectivity index (χ1v) is 6.67. The second kappa shape index (κ2) is 6.65. The summed E-state index contributed by atoms with van der Waals surface area (Å²) in [7, 11) is 1.65. The van der Waals surface area contributed by atoms with Gasteiger partial charge in [0.15, 0.2) is 0 Å². The molecule has 1 amide bonds. The highest BCUT2D eigenvalue weighted by Gasteiger charge is 2.06. The zero-order valence-corrected chi connectivity index (χ0v) is 11.9. The second-order valence-electron chi connectivity index (χ2n) is 4.65. The number of carbonyl (C=O) groups excluding carboxylic acids is 1. The molecule has 110 valence electrons.